The molecule has 1 aliphatic rings. The smallest absolute Gasteiger partial charge is 0.236 e. The molecule has 0 bridgehead atoms. The number of carbonyl (C=O) groups excluding carboxylic acids is 1. The van der Waals surface area contributed by atoms with Gasteiger partial charge in [-0.25, -0.2) is 18.2 Å². The largest absolute Gasteiger partial charge is 0.360 e. The van der Waals surface area contributed by atoms with Crippen LogP contribution in [0.5, 0.6) is 0 Å². The van der Waals surface area contributed by atoms with E-state index >= 15 is 0 Å². The Hall–Kier alpha value is -1.69. The van der Waals surface area contributed by atoms with Gasteiger partial charge in [0, 0.05) is 16.9 Å². The van der Waals surface area contributed by atoms with Gasteiger partial charge in [0.15, 0.2) is 23.7 Å². The van der Waals surface area contributed by atoms with E-state index in [2.05, 4.69) is 4.99 Å². The van der Waals surface area contributed by atoms with E-state index in [0.29, 0.717) is 6.07 Å². The third-order valence-corrected chi connectivity index (χ3v) is 2.52. The van der Waals surface area contributed by atoms with E-state index in [1.165, 1.54) is 6.92 Å². The van der Waals surface area contributed by atoms with Crippen molar-refractivity contribution in [2.24, 2.45) is 4.99 Å². The van der Waals surface area contributed by atoms with Crippen LogP contribution in [0.2, 0.25) is 0 Å². The first-order valence-electron chi connectivity index (χ1n) is 4.34. The Kier molecular flexibility index (Phi) is 2.13. The first-order chi connectivity index (χ1) is 7.40. The van der Waals surface area contributed by atoms with Crippen LogP contribution in [-0.2, 0) is 4.79 Å². The van der Waals surface area contributed by atoms with Gasteiger partial charge in [0.2, 0.25) is 5.72 Å². The van der Waals surface area contributed by atoms with Gasteiger partial charge < -0.3 is 5.11 Å². The topological polar surface area (TPSA) is 49.7 Å². The molecule has 0 saturated heterocycles. The number of benzene rings is 1. The van der Waals surface area contributed by atoms with Crippen LogP contribution >= 0.6 is 0 Å². The number of fused-ring (bicyclic) bond motifs is 1. The molecular formula is C10H6F3NO2. The summed E-state index contributed by atoms with van der Waals surface area (Å²) in [5.41, 5.74) is -2.39. The van der Waals surface area contributed by atoms with Gasteiger partial charge in [-0.15, -0.1) is 0 Å². The molecule has 84 valence electrons. The molecular weight excluding hydrogens is 223 g/mol. The zero-order chi connectivity index (χ0) is 12.1. The SMILES string of the molecule is CC1=c2c(F)c(F)c(F)cc2=NC1(O)C=O. The third kappa shape index (κ3) is 1.19. The quantitative estimate of drug-likeness (QED) is 0.535. The molecule has 1 aromatic carbocycles. The van der Waals surface area contributed by atoms with Gasteiger partial charge in [-0.3, -0.25) is 4.79 Å². The Balaban J connectivity index is 2.99. The number of aldehydes is 1. The number of hydrogen-bond donors (Lipinski definition) is 1. The summed E-state index contributed by atoms with van der Waals surface area (Å²) in [6, 6.07) is 0.638. The molecule has 16 heavy (non-hydrogen) atoms. The van der Waals surface area contributed by atoms with Gasteiger partial charge in [0.1, 0.15) is 0 Å². The summed E-state index contributed by atoms with van der Waals surface area (Å²) in [6.07, 6.45) is 0.0809. The average Bonchev–Trinajstić information content (AvgIpc) is 2.49. The molecule has 1 atom stereocenters. The van der Waals surface area contributed by atoms with Crippen molar-refractivity contribution < 1.29 is 23.1 Å². The van der Waals surface area contributed by atoms with E-state index in [4.69, 9.17) is 0 Å². The molecule has 0 amide bonds. The van der Waals surface area contributed by atoms with Gasteiger partial charge >= 0.3 is 0 Å². The summed E-state index contributed by atoms with van der Waals surface area (Å²) in [4.78, 5) is 14.1. The predicted octanol–water partition coefficient (Wildman–Crippen LogP) is -0.205. The summed E-state index contributed by atoms with van der Waals surface area (Å²) in [5, 5.41) is 8.97. The van der Waals surface area contributed by atoms with Gasteiger partial charge in [0.05, 0.1) is 5.36 Å². The summed E-state index contributed by atoms with van der Waals surface area (Å²) in [5.74, 6) is -4.51. The lowest BCUT2D eigenvalue weighted by Crippen LogP contribution is -2.31. The van der Waals surface area contributed by atoms with Crippen LogP contribution in [-0.4, -0.2) is 17.1 Å². The van der Waals surface area contributed by atoms with Gasteiger partial charge in [-0.1, -0.05) is 0 Å². The fraction of sp³-hybridized carbons (Fsp3) is 0.200. The number of rotatable bonds is 1. The second kappa shape index (κ2) is 3.15. The molecule has 0 spiro atoms. The molecule has 1 heterocycles. The van der Waals surface area contributed by atoms with Crippen LogP contribution in [0, 0.1) is 17.5 Å². The maximum absolute atomic E-state index is 13.4. The van der Waals surface area contributed by atoms with E-state index in [9.17, 15) is 23.1 Å². The maximum atomic E-state index is 13.4. The molecule has 0 aromatic heterocycles. The highest BCUT2D eigenvalue weighted by Crippen LogP contribution is 2.18. The summed E-state index contributed by atoms with van der Waals surface area (Å²) in [6.45, 7) is 1.23. The van der Waals surface area contributed by atoms with Crippen LogP contribution in [0.4, 0.5) is 13.2 Å². The normalized spacial score (nSPS) is 22.9. The predicted molar refractivity (Wildman–Crippen MR) is 47.2 cm³/mol. The molecule has 1 aromatic rings. The molecule has 0 saturated carbocycles. The summed E-state index contributed by atoms with van der Waals surface area (Å²) in [7, 11) is 0. The van der Waals surface area contributed by atoms with E-state index in [1.54, 1.807) is 0 Å². The summed E-state index contributed by atoms with van der Waals surface area (Å²) < 4.78 is 39.2. The molecule has 1 N–H and O–H groups in total. The number of aliphatic hydroxyl groups is 1. The highest BCUT2D eigenvalue weighted by atomic mass is 19.2. The van der Waals surface area contributed by atoms with Crippen molar-refractivity contribution in [3.8, 4) is 0 Å². The lowest BCUT2D eigenvalue weighted by molar-refractivity contribution is -0.118. The molecule has 0 radical (unpaired) electrons. The van der Waals surface area contributed by atoms with Crippen molar-refractivity contribution in [3.63, 3.8) is 0 Å². The maximum Gasteiger partial charge on any atom is 0.236 e. The van der Waals surface area contributed by atoms with Crippen LogP contribution in [0.1, 0.15) is 6.92 Å². The highest BCUT2D eigenvalue weighted by Gasteiger charge is 2.34. The van der Waals surface area contributed by atoms with Crippen molar-refractivity contribution in [3.05, 3.63) is 34.1 Å². The van der Waals surface area contributed by atoms with Crippen LogP contribution in [0.25, 0.3) is 5.57 Å². The minimum Gasteiger partial charge on any atom is -0.360 e. The molecule has 0 fully saturated rings. The molecule has 2 rings (SSSR count). The van der Waals surface area contributed by atoms with Crippen molar-refractivity contribution in [2.45, 2.75) is 12.6 Å². The lowest BCUT2D eigenvalue weighted by atomic mass is 10.1. The standard InChI is InChI=1S/C10H6F3NO2/c1-4-7-6(14-10(4,16)3-15)2-5(11)8(12)9(7)13/h2-3,16H,1H3. The molecule has 0 aliphatic carbocycles. The van der Waals surface area contributed by atoms with Gasteiger partial charge in [-0.05, 0) is 6.92 Å². The van der Waals surface area contributed by atoms with Crippen molar-refractivity contribution in [2.75, 3.05) is 0 Å². The number of halogens is 3. The number of carbonyl (C=O) groups is 1. The fourth-order valence-corrected chi connectivity index (χ4v) is 1.59. The van der Waals surface area contributed by atoms with E-state index in [1.807, 2.05) is 0 Å². The van der Waals surface area contributed by atoms with Crippen LogP contribution < -0.4 is 10.6 Å². The second-order valence-corrected chi connectivity index (χ2v) is 3.46. The van der Waals surface area contributed by atoms with Crippen LogP contribution in [0.15, 0.2) is 11.1 Å². The zero-order valence-electron chi connectivity index (χ0n) is 8.09. The molecule has 3 nitrogen and oxygen atoms in total. The monoisotopic (exact) mass is 229 g/mol. The number of hydrogen-bond acceptors (Lipinski definition) is 3. The van der Waals surface area contributed by atoms with Crippen molar-refractivity contribution in [1.82, 2.24) is 0 Å². The Morgan fingerprint density at radius 2 is 2.00 bits per heavy atom. The van der Waals surface area contributed by atoms with Gasteiger partial charge in [0.25, 0.3) is 0 Å². The first kappa shape index (κ1) is 10.8. The summed E-state index contributed by atoms with van der Waals surface area (Å²) >= 11 is 0. The Bertz CT molecular complexity index is 611. The average molecular weight is 229 g/mol. The first-order valence-corrected chi connectivity index (χ1v) is 4.34. The van der Waals surface area contributed by atoms with E-state index in [0.717, 1.165) is 0 Å². The highest BCUT2D eigenvalue weighted by molar-refractivity contribution is 5.80. The number of nitrogens with zero attached hydrogens (tertiary/aromatic N) is 1. The third-order valence-electron chi connectivity index (χ3n) is 2.52. The van der Waals surface area contributed by atoms with Gasteiger partial charge in [-0.2, -0.15) is 0 Å². The van der Waals surface area contributed by atoms with E-state index < -0.39 is 23.2 Å². The minimum absolute atomic E-state index is 0.0809. The van der Waals surface area contributed by atoms with E-state index in [-0.39, 0.29) is 22.4 Å². The second-order valence-electron chi connectivity index (χ2n) is 3.46. The minimum atomic E-state index is -2.23. The molecule has 1 unspecified atom stereocenters. The van der Waals surface area contributed by atoms with Crippen molar-refractivity contribution >= 4 is 11.9 Å². The lowest BCUT2D eigenvalue weighted by Gasteiger charge is -2.12. The van der Waals surface area contributed by atoms with Crippen molar-refractivity contribution in [1.29, 1.82) is 0 Å². The van der Waals surface area contributed by atoms with Crippen LogP contribution in [0.3, 0.4) is 0 Å². The zero-order valence-corrected chi connectivity index (χ0v) is 8.09. The molecule has 1 aliphatic heterocycles. The Morgan fingerprint density at radius 3 is 2.56 bits per heavy atom. The Labute approximate surface area is 87.5 Å². The molecule has 6 heteroatoms. The Morgan fingerprint density at radius 1 is 1.38 bits per heavy atom. The fourth-order valence-electron chi connectivity index (χ4n) is 1.59.